The fraction of sp³-hybridized carbons (Fsp3) is 0.471. The first-order valence-electron chi connectivity index (χ1n) is 7.92. The summed E-state index contributed by atoms with van der Waals surface area (Å²) in [5.74, 6) is 1.12. The van der Waals surface area contributed by atoms with Gasteiger partial charge in [-0.3, -0.25) is 4.79 Å². The van der Waals surface area contributed by atoms with Crippen LogP contribution in [0.3, 0.4) is 0 Å². The maximum Gasteiger partial charge on any atom is 0.225 e. The highest BCUT2D eigenvalue weighted by Crippen LogP contribution is 2.22. The van der Waals surface area contributed by atoms with E-state index >= 15 is 0 Å². The third-order valence-corrected chi connectivity index (χ3v) is 4.86. The minimum atomic E-state index is 0.0213. The molecule has 1 N–H and O–H groups in total. The van der Waals surface area contributed by atoms with Gasteiger partial charge < -0.3 is 10.1 Å². The Morgan fingerprint density at radius 2 is 2.35 bits per heavy atom. The summed E-state index contributed by atoms with van der Waals surface area (Å²) >= 11 is 1.66. The number of nitrogens with one attached hydrogen (secondary N) is 1. The summed E-state index contributed by atoms with van der Waals surface area (Å²) in [6, 6.07) is 5.89. The number of hydrogen-bond acceptors (Lipinski definition) is 5. The zero-order valence-electron chi connectivity index (χ0n) is 13.2. The Kier molecular flexibility index (Phi) is 5.35. The Bertz CT molecular complexity index is 665. The molecule has 1 aliphatic rings. The number of carbonyl (C=O) groups is 1. The van der Waals surface area contributed by atoms with Crippen molar-refractivity contribution in [3.05, 3.63) is 45.7 Å². The molecule has 1 fully saturated rings. The standard InChI is InChI=1S/C17H21N3O2S/c1-12-4-5-15(23-12)9-16(21)19-10-14-6-7-18-17(20-14)13-3-2-8-22-11-13/h4-7,13H,2-3,8-11H2,1H3,(H,19,21)/t13-/m1/s1. The van der Waals surface area contributed by atoms with Crippen LogP contribution in [0.4, 0.5) is 0 Å². The molecular formula is C17H21N3O2S. The largest absolute Gasteiger partial charge is 0.381 e. The number of carbonyl (C=O) groups excluding carboxylic acids is 1. The predicted octanol–water partition coefficient (Wildman–Crippen LogP) is 2.60. The van der Waals surface area contributed by atoms with Crippen LogP contribution >= 0.6 is 11.3 Å². The highest BCUT2D eigenvalue weighted by atomic mass is 32.1. The molecule has 0 saturated carbocycles. The molecule has 1 atom stereocenters. The number of rotatable bonds is 5. The van der Waals surface area contributed by atoms with Crippen LogP contribution in [0.1, 0.15) is 40.0 Å². The summed E-state index contributed by atoms with van der Waals surface area (Å²) in [6.45, 7) is 4.00. The molecule has 2 aromatic heterocycles. The van der Waals surface area contributed by atoms with E-state index in [0.29, 0.717) is 19.6 Å². The molecule has 3 heterocycles. The van der Waals surface area contributed by atoms with Crippen LogP contribution < -0.4 is 5.32 Å². The van der Waals surface area contributed by atoms with E-state index in [9.17, 15) is 4.79 Å². The second-order valence-electron chi connectivity index (χ2n) is 5.79. The van der Waals surface area contributed by atoms with Gasteiger partial charge >= 0.3 is 0 Å². The number of hydrogen-bond donors (Lipinski definition) is 1. The minimum Gasteiger partial charge on any atom is -0.381 e. The van der Waals surface area contributed by atoms with Gasteiger partial charge in [-0.2, -0.15) is 0 Å². The molecule has 0 spiro atoms. The Labute approximate surface area is 140 Å². The summed E-state index contributed by atoms with van der Waals surface area (Å²) in [5, 5.41) is 2.93. The van der Waals surface area contributed by atoms with Gasteiger partial charge in [-0.25, -0.2) is 9.97 Å². The van der Waals surface area contributed by atoms with Gasteiger partial charge in [-0.05, 0) is 38.0 Å². The molecule has 1 aliphatic heterocycles. The lowest BCUT2D eigenvalue weighted by Gasteiger charge is -2.20. The molecule has 23 heavy (non-hydrogen) atoms. The van der Waals surface area contributed by atoms with Gasteiger partial charge in [0.05, 0.1) is 25.3 Å². The minimum absolute atomic E-state index is 0.0213. The highest BCUT2D eigenvalue weighted by molar-refractivity contribution is 7.12. The smallest absolute Gasteiger partial charge is 0.225 e. The van der Waals surface area contributed by atoms with Crippen molar-refractivity contribution in [2.45, 2.75) is 38.6 Å². The average molecular weight is 331 g/mol. The van der Waals surface area contributed by atoms with E-state index in [4.69, 9.17) is 4.74 Å². The molecule has 0 aromatic carbocycles. The number of thiophene rings is 1. The molecule has 2 aromatic rings. The van der Waals surface area contributed by atoms with E-state index in [2.05, 4.69) is 15.3 Å². The first-order valence-corrected chi connectivity index (χ1v) is 8.74. The van der Waals surface area contributed by atoms with Crippen molar-refractivity contribution in [2.75, 3.05) is 13.2 Å². The van der Waals surface area contributed by atoms with Gasteiger partial charge in [0.15, 0.2) is 0 Å². The molecule has 3 rings (SSSR count). The van der Waals surface area contributed by atoms with Crippen molar-refractivity contribution in [2.24, 2.45) is 0 Å². The summed E-state index contributed by atoms with van der Waals surface area (Å²) < 4.78 is 5.49. The molecule has 0 bridgehead atoms. The first kappa shape index (κ1) is 16.1. The Morgan fingerprint density at radius 1 is 1.43 bits per heavy atom. The Morgan fingerprint density at radius 3 is 3.09 bits per heavy atom. The summed E-state index contributed by atoms with van der Waals surface area (Å²) in [5.41, 5.74) is 0.844. The normalized spacial score (nSPS) is 17.9. The van der Waals surface area contributed by atoms with Crippen molar-refractivity contribution in [3.63, 3.8) is 0 Å². The lowest BCUT2D eigenvalue weighted by Crippen LogP contribution is -2.25. The quantitative estimate of drug-likeness (QED) is 0.915. The van der Waals surface area contributed by atoms with Crippen molar-refractivity contribution in [1.82, 2.24) is 15.3 Å². The monoisotopic (exact) mass is 331 g/mol. The van der Waals surface area contributed by atoms with Crippen molar-refractivity contribution in [3.8, 4) is 0 Å². The van der Waals surface area contributed by atoms with E-state index in [1.54, 1.807) is 17.5 Å². The molecule has 1 saturated heterocycles. The van der Waals surface area contributed by atoms with Crippen molar-refractivity contribution in [1.29, 1.82) is 0 Å². The average Bonchev–Trinajstić information content (AvgIpc) is 2.99. The summed E-state index contributed by atoms with van der Waals surface area (Å²) in [7, 11) is 0. The Balaban J connectivity index is 1.54. The van der Waals surface area contributed by atoms with Crippen molar-refractivity contribution < 1.29 is 9.53 Å². The zero-order valence-corrected chi connectivity index (χ0v) is 14.1. The highest BCUT2D eigenvalue weighted by Gasteiger charge is 2.18. The molecule has 0 radical (unpaired) electrons. The van der Waals surface area contributed by atoms with Crippen LogP contribution in [0.5, 0.6) is 0 Å². The zero-order chi connectivity index (χ0) is 16.1. The summed E-state index contributed by atoms with van der Waals surface area (Å²) in [6.07, 6.45) is 4.30. The fourth-order valence-corrected chi connectivity index (χ4v) is 3.53. The number of ether oxygens (including phenoxy) is 1. The van der Waals surface area contributed by atoms with Gasteiger partial charge in [0, 0.05) is 28.5 Å². The fourth-order valence-electron chi connectivity index (χ4n) is 2.64. The second kappa shape index (κ2) is 7.66. The van der Waals surface area contributed by atoms with Gasteiger partial charge in [0.2, 0.25) is 5.91 Å². The van der Waals surface area contributed by atoms with Crippen LogP contribution in [-0.2, 0) is 22.5 Å². The van der Waals surface area contributed by atoms with Crippen LogP contribution in [-0.4, -0.2) is 29.1 Å². The van der Waals surface area contributed by atoms with Crippen LogP contribution in [0.15, 0.2) is 24.4 Å². The van der Waals surface area contributed by atoms with Gasteiger partial charge in [0.1, 0.15) is 5.82 Å². The van der Waals surface area contributed by atoms with Gasteiger partial charge in [0.25, 0.3) is 0 Å². The van der Waals surface area contributed by atoms with Crippen molar-refractivity contribution >= 4 is 17.2 Å². The molecular weight excluding hydrogens is 310 g/mol. The lowest BCUT2D eigenvalue weighted by molar-refractivity contribution is -0.120. The maximum atomic E-state index is 12.0. The van der Waals surface area contributed by atoms with E-state index in [0.717, 1.165) is 35.8 Å². The summed E-state index contributed by atoms with van der Waals surface area (Å²) in [4.78, 5) is 23.3. The molecule has 0 aliphatic carbocycles. The molecule has 6 heteroatoms. The third-order valence-electron chi connectivity index (χ3n) is 3.85. The Hall–Kier alpha value is -1.79. The van der Waals surface area contributed by atoms with Crippen LogP contribution in [0, 0.1) is 6.92 Å². The first-order chi connectivity index (χ1) is 11.2. The maximum absolute atomic E-state index is 12.0. The predicted molar refractivity (Wildman–Crippen MR) is 89.4 cm³/mol. The van der Waals surface area contributed by atoms with Gasteiger partial charge in [-0.1, -0.05) is 0 Å². The van der Waals surface area contributed by atoms with Gasteiger partial charge in [-0.15, -0.1) is 11.3 Å². The van der Waals surface area contributed by atoms with E-state index in [1.807, 2.05) is 25.1 Å². The number of nitrogens with zero attached hydrogens (tertiary/aromatic N) is 2. The van der Waals surface area contributed by atoms with E-state index in [1.165, 1.54) is 4.88 Å². The molecule has 5 nitrogen and oxygen atoms in total. The number of aromatic nitrogens is 2. The molecule has 0 unspecified atom stereocenters. The number of aryl methyl sites for hydroxylation is 1. The van der Waals surface area contributed by atoms with E-state index in [-0.39, 0.29) is 11.8 Å². The second-order valence-corrected chi connectivity index (χ2v) is 7.16. The van der Waals surface area contributed by atoms with Crippen LogP contribution in [0.25, 0.3) is 0 Å². The third kappa shape index (κ3) is 4.59. The van der Waals surface area contributed by atoms with E-state index < -0.39 is 0 Å². The molecule has 1 amide bonds. The molecule has 122 valence electrons. The van der Waals surface area contributed by atoms with Crippen LogP contribution in [0.2, 0.25) is 0 Å². The lowest BCUT2D eigenvalue weighted by atomic mass is 10.0. The SMILES string of the molecule is Cc1ccc(CC(=O)NCc2ccnc([C@@H]3CCCOC3)n2)s1. The topological polar surface area (TPSA) is 64.1 Å². The number of amides is 1.